The molecule has 2 N–H and O–H groups in total. The second-order valence-electron chi connectivity index (χ2n) is 11.9. The first-order valence-corrected chi connectivity index (χ1v) is 15.1. The molecule has 232 valence electrons. The van der Waals surface area contributed by atoms with Gasteiger partial charge >= 0.3 is 6.18 Å². The van der Waals surface area contributed by atoms with Gasteiger partial charge in [0.15, 0.2) is 5.82 Å². The Morgan fingerprint density at radius 1 is 0.955 bits per heavy atom. The van der Waals surface area contributed by atoms with Crippen LogP contribution in [-0.2, 0) is 16.6 Å². The van der Waals surface area contributed by atoms with E-state index in [2.05, 4.69) is 25.2 Å². The highest BCUT2D eigenvalue weighted by Crippen LogP contribution is 2.41. The Hall–Kier alpha value is -3.90. The first-order chi connectivity index (χ1) is 21.1. The van der Waals surface area contributed by atoms with E-state index in [4.69, 9.17) is 0 Å². The molecule has 3 fully saturated rings. The number of benzene rings is 1. The Morgan fingerprint density at radius 2 is 1.73 bits per heavy atom. The highest BCUT2D eigenvalue weighted by molar-refractivity contribution is 5.96. The van der Waals surface area contributed by atoms with Gasteiger partial charge < -0.3 is 15.3 Å². The number of carbonyl (C=O) groups is 2. The molecule has 2 amide bonds. The molecule has 9 nitrogen and oxygen atoms in total. The van der Waals surface area contributed by atoms with Crippen molar-refractivity contribution in [3.05, 3.63) is 77.9 Å². The van der Waals surface area contributed by atoms with Crippen LogP contribution in [0, 0.1) is 0 Å². The minimum Gasteiger partial charge on any atom is -0.384 e. The molecule has 2 aliphatic heterocycles. The van der Waals surface area contributed by atoms with Gasteiger partial charge in [0.05, 0.1) is 17.8 Å². The third-order valence-electron chi connectivity index (χ3n) is 9.34. The highest BCUT2D eigenvalue weighted by Gasteiger charge is 2.46. The van der Waals surface area contributed by atoms with Gasteiger partial charge in [0, 0.05) is 54.4 Å². The zero-order valence-corrected chi connectivity index (χ0v) is 24.2. The average molecular weight is 609 g/mol. The van der Waals surface area contributed by atoms with E-state index in [0.717, 1.165) is 56.3 Å². The van der Waals surface area contributed by atoms with Crippen LogP contribution in [0.5, 0.6) is 0 Å². The number of halogens is 3. The summed E-state index contributed by atoms with van der Waals surface area (Å²) in [5.74, 6) is -0.352. The zero-order valence-electron chi connectivity index (χ0n) is 24.2. The first-order valence-electron chi connectivity index (χ1n) is 15.1. The number of hydrogen-bond acceptors (Lipinski definition) is 7. The van der Waals surface area contributed by atoms with Crippen molar-refractivity contribution in [3.63, 3.8) is 0 Å². The molecule has 0 radical (unpaired) electrons. The third kappa shape index (κ3) is 6.18. The number of rotatable bonds is 6. The summed E-state index contributed by atoms with van der Waals surface area (Å²) in [5.41, 5.74) is -0.602. The SMILES string of the molecule is O=C(NCC(=O)N1CC[C@@H]2[C@@H]1CCCN2C1CCC(O)(c2ccc(-c3ncccn3)cn2)CC1)c1cccc(C(F)(F)F)c1. The van der Waals surface area contributed by atoms with Crippen LogP contribution < -0.4 is 5.32 Å². The predicted molar refractivity (Wildman–Crippen MR) is 155 cm³/mol. The summed E-state index contributed by atoms with van der Waals surface area (Å²) in [6.07, 6.45) is 5.93. The van der Waals surface area contributed by atoms with E-state index in [1.807, 2.05) is 17.0 Å². The van der Waals surface area contributed by atoms with Crippen LogP contribution in [0.1, 0.15) is 66.6 Å². The van der Waals surface area contributed by atoms with Crippen molar-refractivity contribution >= 4 is 11.8 Å². The summed E-state index contributed by atoms with van der Waals surface area (Å²) in [6.45, 7) is 1.24. The predicted octanol–water partition coefficient (Wildman–Crippen LogP) is 4.18. The van der Waals surface area contributed by atoms with E-state index in [1.165, 1.54) is 12.1 Å². The summed E-state index contributed by atoms with van der Waals surface area (Å²) in [6, 6.07) is 10.2. The lowest BCUT2D eigenvalue weighted by Crippen LogP contribution is -2.56. The molecule has 2 aromatic heterocycles. The molecule has 1 saturated carbocycles. The Bertz CT molecular complexity index is 1480. The molecule has 6 rings (SSSR count). The fraction of sp³-hybridized carbons (Fsp3) is 0.469. The molecule has 2 saturated heterocycles. The van der Waals surface area contributed by atoms with Crippen molar-refractivity contribution in [2.24, 2.45) is 0 Å². The molecule has 0 bridgehead atoms. The number of likely N-dealkylation sites (tertiary alicyclic amines) is 2. The van der Waals surface area contributed by atoms with Gasteiger partial charge in [0.25, 0.3) is 5.91 Å². The van der Waals surface area contributed by atoms with Crippen molar-refractivity contribution < 1.29 is 27.9 Å². The molecule has 1 aliphatic carbocycles. The Labute approximate surface area is 253 Å². The standard InChI is InChI=1S/C32H35F3N6O3/c33-32(34,35)23-5-1-4-21(18-23)30(43)39-20-28(42)41-17-11-26-25(41)6-2-16-40(26)24-9-12-31(44,13-10-24)27-8-7-22(19-38-27)29-36-14-3-15-37-29/h1,3-5,7-8,14-15,18-19,24-26,44H,2,6,9-13,16-17,20H2,(H,39,43)/t24?,25-,26+,31?/m0/s1. The number of aromatic nitrogens is 3. The topological polar surface area (TPSA) is 112 Å². The van der Waals surface area contributed by atoms with Crippen LogP contribution in [0.3, 0.4) is 0 Å². The largest absolute Gasteiger partial charge is 0.416 e. The number of hydrogen-bond donors (Lipinski definition) is 2. The number of pyridine rings is 1. The summed E-state index contributed by atoms with van der Waals surface area (Å²) in [4.78, 5) is 43.1. The number of aliphatic hydroxyl groups is 1. The van der Waals surface area contributed by atoms with E-state index >= 15 is 0 Å². The second-order valence-corrected chi connectivity index (χ2v) is 11.9. The molecule has 2 atom stereocenters. The Balaban J connectivity index is 1.03. The van der Waals surface area contributed by atoms with Crippen LogP contribution in [-0.4, -0.2) is 79.4 Å². The third-order valence-corrected chi connectivity index (χ3v) is 9.34. The van der Waals surface area contributed by atoms with Gasteiger partial charge in [0.1, 0.15) is 5.60 Å². The molecule has 0 unspecified atom stereocenters. The van der Waals surface area contributed by atoms with Crippen molar-refractivity contribution in [1.29, 1.82) is 0 Å². The normalized spacial score (nSPS) is 25.8. The number of fused-ring (bicyclic) bond motifs is 1. The average Bonchev–Trinajstić information content (AvgIpc) is 3.49. The van der Waals surface area contributed by atoms with E-state index in [-0.39, 0.29) is 36.1 Å². The van der Waals surface area contributed by atoms with Crippen LogP contribution in [0.15, 0.2) is 61.1 Å². The molecule has 3 aromatic rings. The number of alkyl halides is 3. The van der Waals surface area contributed by atoms with E-state index in [1.54, 1.807) is 24.7 Å². The number of nitrogens with zero attached hydrogens (tertiary/aromatic N) is 5. The minimum atomic E-state index is -4.55. The molecular formula is C32H35F3N6O3. The monoisotopic (exact) mass is 608 g/mol. The van der Waals surface area contributed by atoms with Gasteiger partial charge in [-0.1, -0.05) is 6.07 Å². The number of carbonyl (C=O) groups excluding carboxylic acids is 2. The maximum atomic E-state index is 13.2. The van der Waals surface area contributed by atoms with Crippen LogP contribution in [0.25, 0.3) is 11.4 Å². The maximum absolute atomic E-state index is 13.2. The molecular weight excluding hydrogens is 573 g/mol. The van der Waals surface area contributed by atoms with Gasteiger partial charge in [-0.05, 0) is 87.9 Å². The van der Waals surface area contributed by atoms with Crippen LogP contribution in [0.2, 0.25) is 0 Å². The van der Waals surface area contributed by atoms with Crippen molar-refractivity contribution in [3.8, 4) is 11.4 Å². The van der Waals surface area contributed by atoms with Crippen LogP contribution >= 0.6 is 0 Å². The van der Waals surface area contributed by atoms with E-state index in [9.17, 15) is 27.9 Å². The molecule has 1 aromatic carbocycles. The number of amides is 2. The van der Waals surface area contributed by atoms with Gasteiger partial charge in [-0.3, -0.25) is 19.5 Å². The number of piperidine rings is 1. The summed E-state index contributed by atoms with van der Waals surface area (Å²) in [7, 11) is 0. The number of nitrogens with one attached hydrogen (secondary N) is 1. The molecule has 0 spiro atoms. The lowest BCUT2D eigenvalue weighted by Gasteiger charge is -2.47. The van der Waals surface area contributed by atoms with Gasteiger partial charge in [0.2, 0.25) is 5.91 Å². The fourth-order valence-electron chi connectivity index (χ4n) is 7.10. The van der Waals surface area contributed by atoms with E-state index in [0.29, 0.717) is 30.9 Å². The van der Waals surface area contributed by atoms with Gasteiger partial charge in [-0.2, -0.15) is 13.2 Å². The second kappa shape index (κ2) is 12.2. The van der Waals surface area contributed by atoms with Crippen molar-refractivity contribution in [2.75, 3.05) is 19.6 Å². The smallest absolute Gasteiger partial charge is 0.384 e. The van der Waals surface area contributed by atoms with Gasteiger partial charge in [-0.25, -0.2) is 9.97 Å². The lowest BCUT2D eigenvalue weighted by atomic mass is 9.78. The Kier molecular flexibility index (Phi) is 8.38. The molecule has 44 heavy (non-hydrogen) atoms. The van der Waals surface area contributed by atoms with E-state index < -0.39 is 23.2 Å². The molecule has 4 heterocycles. The van der Waals surface area contributed by atoms with Crippen LogP contribution in [0.4, 0.5) is 13.2 Å². The fourth-order valence-corrected chi connectivity index (χ4v) is 7.10. The summed E-state index contributed by atoms with van der Waals surface area (Å²) < 4.78 is 39.1. The lowest BCUT2D eigenvalue weighted by molar-refractivity contribution is -0.137. The first kappa shape index (κ1) is 30.1. The van der Waals surface area contributed by atoms with Crippen molar-refractivity contribution in [1.82, 2.24) is 30.1 Å². The summed E-state index contributed by atoms with van der Waals surface area (Å²) in [5, 5.41) is 14.0. The highest BCUT2D eigenvalue weighted by atomic mass is 19.4. The minimum absolute atomic E-state index is 0.0249. The molecule has 3 aliphatic rings. The molecule has 12 heteroatoms. The quantitative estimate of drug-likeness (QED) is 0.432. The zero-order chi connectivity index (χ0) is 30.9. The maximum Gasteiger partial charge on any atom is 0.416 e. The summed E-state index contributed by atoms with van der Waals surface area (Å²) >= 11 is 0. The van der Waals surface area contributed by atoms with Gasteiger partial charge in [-0.15, -0.1) is 0 Å². The van der Waals surface area contributed by atoms with Crippen molar-refractivity contribution in [2.45, 2.75) is 74.8 Å². The Morgan fingerprint density at radius 3 is 2.43 bits per heavy atom.